The summed E-state index contributed by atoms with van der Waals surface area (Å²) in [6, 6.07) is 31.3. The monoisotopic (exact) mass is 424 g/mol. The number of fused-ring (bicyclic) bond motifs is 2. The topological polar surface area (TPSA) is 34.1 Å². The zero-order valence-electron chi connectivity index (χ0n) is 17.6. The van der Waals surface area contributed by atoms with Gasteiger partial charge >= 0.3 is 0 Å². The van der Waals surface area contributed by atoms with Crippen LogP contribution in [0.3, 0.4) is 0 Å². The van der Waals surface area contributed by atoms with E-state index in [4.69, 9.17) is 0 Å². The van der Waals surface area contributed by atoms with Gasteiger partial charge in [-0.3, -0.25) is 9.00 Å². The van der Waals surface area contributed by atoms with Gasteiger partial charge in [-0.1, -0.05) is 74.5 Å². The van der Waals surface area contributed by atoms with Crippen molar-refractivity contribution in [2.24, 2.45) is 0 Å². The van der Waals surface area contributed by atoms with Crippen molar-refractivity contribution in [1.29, 1.82) is 0 Å². The molecule has 4 aromatic carbocycles. The van der Waals surface area contributed by atoms with Crippen LogP contribution in [0.25, 0.3) is 11.1 Å². The van der Waals surface area contributed by atoms with Crippen molar-refractivity contribution in [3.05, 3.63) is 114 Å². The van der Waals surface area contributed by atoms with Crippen molar-refractivity contribution in [3.63, 3.8) is 0 Å². The summed E-state index contributed by atoms with van der Waals surface area (Å²) in [4.78, 5) is 15.4. The average Bonchev–Trinajstić information content (AvgIpc) is 2.83. The highest BCUT2D eigenvalue weighted by Gasteiger charge is 2.36. The molecule has 1 heterocycles. The van der Waals surface area contributed by atoms with Crippen LogP contribution in [-0.4, -0.2) is 9.99 Å². The molecule has 1 aliphatic rings. The van der Waals surface area contributed by atoms with E-state index >= 15 is 0 Å². The first kappa shape index (κ1) is 19.7. The molecule has 0 radical (unpaired) electrons. The SMILES string of the molecule is CC(C)c1ccc2c(c1)C(=O)c1ccccc1[SH]2(=O)c1ccc(-c2ccccc2)cc1. The molecule has 0 unspecified atom stereocenters. The van der Waals surface area contributed by atoms with E-state index in [0.717, 1.165) is 21.6 Å². The second-order valence-electron chi connectivity index (χ2n) is 8.30. The molecule has 1 aliphatic heterocycles. The molecule has 5 rings (SSSR count). The zero-order chi connectivity index (χ0) is 21.6. The Morgan fingerprint density at radius 1 is 0.645 bits per heavy atom. The molecule has 0 aliphatic carbocycles. The highest BCUT2D eigenvalue weighted by Crippen LogP contribution is 2.45. The van der Waals surface area contributed by atoms with E-state index in [-0.39, 0.29) is 5.78 Å². The number of carbonyl (C=O) groups excluding carboxylic acids is 1. The third kappa shape index (κ3) is 3.08. The quantitative estimate of drug-likeness (QED) is 0.335. The summed E-state index contributed by atoms with van der Waals surface area (Å²) in [5, 5.41) is 0. The first-order valence-electron chi connectivity index (χ1n) is 10.5. The molecule has 0 spiro atoms. The predicted molar refractivity (Wildman–Crippen MR) is 127 cm³/mol. The fourth-order valence-electron chi connectivity index (χ4n) is 4.36. The van der Waals surface area contributed by atoms with Crippen LogP contribution in [0.2, 0.25) is 0 Å². The van der Waals surface area contributed by atoms with E-state index in [1.165, 1.54) is 0 Å². The largest absolute Gasteiger partial charge is 0.289 e. The second-order valence-corrected chi connectivity index (χ2v) is 11.0. The van der Waals surface area contributed by atoms with Gasteiger partial charge in [0.05, 0.1) is 0 Å². The Morgan fingerprint density at radius 3 is 1.97 bits per heavy atom. The van der Waals surface area contributed by atoms with Crippen molar-refractivity contribution < 1.29 is 9.00 Å². The Labute approximate surface area is 184 Å². The van der Waals surface area contributed by atoms with Crippen LogP contribution < -0.4 is 0 Å². The number of hydrogen-bond donors (Lipinski definition) is 1. The van der Waals surface area contributed by atoms with Crippen molar-refractivity contribution in [2.45, 2.75) is 34.5 Å². The fraction of sp³-hybridized carbons (Fsp3) is 0.107. The van der Waals surface area contributed by atoms with Crippen molar-refractivity contribution >= 4 is 15.7 Å². The van der Waals surface area contributed by atoms with E-state index < -0.39 is 9.93 Å². The minimum atomic E-state index is -3.17. The zero-order valence-corrected chi connectivity index (χ0v) is 18.5. The Bertz CT molecular complexity index is 1340. The minimum absolute atomic E-state index is 0.0412. The van der Waals surface area contributed by atoms with E-state index in [9.17, 15) is 9.00 Å². The van der Waals surface area contributed by atoms with Gasteiger partial charge in [0.1, 0.15) is 0 Å². The summed E-state index contributed by atoms with van der Waals surface area (Å²) in [5.74, 6) is 0.250. The van der Waals surface area contributed by atoms with Crippen LogP contribution in [0.4, 0.5) is 0 Å². The van der Waals surface area contributed by atoms with Crippen molar-refractivity contribution in [1.82, 2.24) is 0 Å². The van der Waals surface area contributed by atoms with Gasteiger partial charge in [0.2, 0.25) is 0 Å². The molecule has 0 bridgehead atoms. The molecule has 154 valence electrons. The van der Waals surface area contributed by atoms with Gasteiger partial charge in [-0.15, -0.1) is 0 Å². The van der Waals surface area contributed by atoms with E-state index in [1.54, 1.807) is 6.07 Å². The smallest absolute Gasteiger partial charge is 0.195 e. The second kappa shape index (κ2) is 7.44. The molecule has 31 heavy (non-hydrogen) atoms. The molecule has 0 saturated carbocycles. The molecular formula is C28H24O2S. The highest BCUT2D eigenvalue weighted by atomic mass is 32.2. The van der Waals surface area contributed by atoms with Crippen LogP contribution >= 0.6 is 0 Å². The van der Waals surface area contributed by atoms with E-state index in [2.05, 4.69) is 26.0 Å². The lowest BCUT2D eigenvalue weighted by Crippen LogP contribution is -2.26. The molecule has 0 aromatic heterocycles. The molecule has 0 atom stereocenters. The maximum Gasteiger partial charge on any atom is 0.195 e. The summed E-state index contributed by atoms with van der Waals surface area (Å²) in [5.41, 5.74) is 4.39. The van der Waals surface area contributed by atoms with E-state index in [0.29, 0.717) is 26.8 Å². The van der Waals surface area contributed by atoms with Gasteiger partial charge in [0.25, 0.3) is 0 Å². The molecule has 4 aromatic rings. The summed E-state index contributed by atoms with van der Waals surface area (Å²) < 4.78 is 14.8. The van der Waals surface area contributed by atoms with Gasteiger partial charge in [0.15, 0.2) is 5.78 Å². The van der Waals surface area contributed by atoms with Crippen molar-refractivity contribution in [2.75, 3.05) is 0 Å². The van der Waals surface area contributed by atoms with Crippen LogP contribution in [0.15, 0.2) is 112 Å². The Kier molecular flexibility index (Phi) is 4.71. The number of hydrogen-bond acceptors (Lipinski definition) is 2. The van der Waals surface area contributed by atoms with Gasteiger partial charge in [0, 0.05) is 25.8 Å². The van der Waals surface area contributed by atoms with Crippen LogP contribution in [-0.2, 0) is 9.93 Å². The number of thiol groups is 1. The first-order valence-corrected chi connectivity index (χ1v) is 12.3. The summed E-state index contributed by atoms with van der Waals surface area (Å²) in [6.45, 7) is 4.20. The Balaban J connectivity index is 1.72. The molecule has 0 saturated heterocycles. The fourth-order valence-corrected chi connectivity index (χ4v) is 7.34. The lowest BCUT2D eigenvalue weighted by Gasteiger charge is -2.33. The minimum Gasteiger partial charge on any atom is -0.289 e. The Morgan fingerprint density at radius 2 is 1.26 bits per heavy atom. The summed E-state index contributed by atoms with van der Waals surface area (Å²) in [7, 11) is -3.17. The lowest BCUT2D eigenvalue weighted by molar-refractivity contribution is 0.103. The molecule has 0 N–H and O–H groups in total. The third-order valence-corrected chi connectivity index (χ3v) is 9.26. The summed E-state index contributed by atoms with van der Waals surface area (Å²) >= 11 is 0. The maximum atomic E-state index is 14.8. The number of carbonyl (C=O) groups is 1. The molecular weight excluding hydrogens is 400 g/mol. The van der Waals surface area contributed by atoms with Gasteiger partial charge < -0.3 is 0 Å². The standard InChI is InChI=1S/C28H24O2S/c1-19(2)22-14-17-27-25(18-22)28(29)24-10-6-7-11-26(24)31(27,30)23-15-12-21(13-16-23)20-8-4-3-5-9-20/h3-19,31H,1-2H3. The molecule has 2 nitrogen and oxygen atoms in total. The molecule has 3 heteroatoms. The number of rotatable bonds is 3. The van der Waals surface area contributed by atoms with Crippen LogP contribution in [0.1, 0.15) is 41.3 Å². The number of benzene rings is 4. The van der Waals surface area contributed by atoms with Crippen LogP contribution in [0, 0.1) is 0 Å². The van der Waals surface area contributed by atoms with Gasteiger partial charge in [-0.25, -0.2) is 0 Å². The highest BCUT2D eigenvalue weighted by molar-refractivity contribution is 8.03. The predicted octanol–water partition coefficient (Wildman–Crippen LogP) is 6.52. The first-order chi connectivity index (χ1) is 15.0. The normalized spacial score (nSPS) is 15.3. The van der Waals surface area contributed by atoms with Crippen LogP contribution in [0.5, 0.6) is 0 Å². The Hall–Kier alpha value is -3.30. The lowest BCUT2D eigenvalue weighted by atomic mass is 9.96. The van der Waals surface area contributed by atoms with Gasteiger partial charge in [-0.2, -0.15) is 0 Å². The van der Waals surface area contributed by atoms with E-state index in [1.807, 2.05) is 78.9 Å². The third-order valence-electron chi connectivity index (χ3n) is 6.10. The number of ketones is 1. The van der Waals surface area contributed by atoms with Gasteiger partial charge in [-0.05, 0) is 68.9 Å². The van der Waals surface area contributed by atoms with Crippen molar-refractivity contribution in [3.8, 4) is 11.1 Å². The average molecular weight is 425 g/mol. The molecule has 0 amide bonds. The summed E-state index contributed by atoms with van der Waals surface area (Å²) in [6.07, 6.45) is 0. The molecule has 0 fully saturated rings. The maximum absolute atomic E-state index is 14.8.